The minimum Gasteiger partial charge on any atom is -0.444 e. The molecule has 6 nitrogen and oxygen atoms in total. The molecule has 130 valence electrons. The molecule has 0 spiro atoms. The lowest BCUT2D eigenvalue weighted by atomic mass is 9.89. The molecule has 0 bridgehead atoms. The Morgan fingerprint density at radius 1 is 1.33 bits per heavy atom. The van der Waals surface area contributed by atoms with E-state index < -0.39 is 17.7 Å². The second-order valence-electron chi connectivity index (χ2n) is 7.62. The number of likely N-dealkylation sites (N-methyl/N-ethyl adjacent to an activating group) is 1. The molecule has 2 N–H and O–H groups in total. The van der Waals surface area contributed by atoms with Gasteiger partial charge >= 0.3 is 6.09 Å². The third kappa shape index (κ3) is 3.53. The van der Waals surface area contributed by atoms with Crippen LogP contribution in [-0.2, 0) is 28.9 Å². The van der Waals surface area contributed by atoms with E-state index in [0.29, 0.717) is 6.42 Å². The maximum Gasteiger partial charge on any atom is 0.408 e. The van der Waals surface area contributed by atoms with E-state index in [2.05, 4.69) is 34.7 Å². The molecule has 6 heteroatoms. The van der Waals surface area contributed by atoms with E-state index >= 15 is 0 Å². The smallest absolute Gasteiger partial charge is 0.408 e. The van der Waals surface area contributed by atoms with Gasteiger partial charge in [-0.25, -0.2) is 4.79 Å². The molecule has 0 saturated heterocycles. The van der Waals surface area contributed by atoms with Crippen molar-refractivity contribution in [1.82, 2.24) is 10.2 Å². The molecule has 3 rings (SSSR count). The summed E-state index contributed by atoms with van der Waals surface area (Å²) in [5, 5.41) is 5.67. The van der Waals surface area contributed by atoms with Crippen LogP contribution in [0.15, 0.2) is 12.1 Å². The highest BCUT2D eigenvalue weighted by molar-refractivity contribution is 6.00. The molecule has 2 aliphatic heterocycles. The van der Waals surface area contributed by atoms with Gasteiger partial charge in [-0.2, -0.15) is 0 Å². The fourth-order valence-corrected chi connectivity index (χ4v) is 3.26. The Hall–Kier alpha value is -2.08. The van der Waals surface area contributed by atoms with Gasteiger partial charge in [-0.1, -0.05) is 12.1 Å². The van der Waals surface area contributed by atoms with Gasteiger partial charge < -0.3 is 20.3 Å². The fourth-order valence-electron chi connectivity index (χ4n) is 3.26. The summed E-state index contributed by atoms with van der Waals surface area (Å²) in [6, 6.07) is 3.58. The first kappa shape index (κ1) is 16.8. The van der Waals surface area contributed by atoms with Crippen LogP contribution >= 0.6 is 0 Å². The van der Waals surface area contributed by atoms with E-state index in [1.807, 2.05) is 0 Å². The van der Waals surface area contributed by atoms with Crippen molar-refractivity contribution in [1.29, 1.82) is 0 Å². The normalized spacial score (nSPS) is 20.7. The number of alkyl carbamates (subject to hydrolysis) is 1. The summed E-state index contributed by atoms with van der Waals surface area (Å²) in [5.74, 6) is -0.180. The van der Waals surface area contributed by atoms with E-state index in [0.717, 1.165) is 30.8 Å². The first-order chi connectivity index (χ1) is 11.2. The summed E-state index contributed by atoms with van der Waals surface area (Å²) in [7, 11) is 2.10. The van der Waals surface area contributed by atoms with Crippen LogP contribution in [0, 0.1) is 0 Å². The van der Waals surface area contributed by atoms with Crippen LogP contribution in [0.2, 0.25) is 0 Å². The standard InChI is InChI=1S/C18H25N3O3/c1-18(2,3)24-17(23)19-14-9-11-5-6-12-10-21(4)8-7-13(12)15(11)20-16(14)22/h5-6,14H,7-10H2,1-4H3,(H,19,23)(H,20,22)/t14-/m0/s1. The number of ether oxygens (including phenoxy) is 1. The van der Waals surface area contributed by atoms with E-state index in [-0.39, 0.29) is 5.91 Å². The van der Waals surface area contributed by atoms with Crippen LogP contribution in [0.25, 0.3) is 0 Å². The molecule has 0 saturated carbocycles. The van der Waals surface area contributed by atoms with Crippen LogP contribution in [0.1, 0.15) is 37.5 Å². The molecular formula is C18H25N3O3. The zero-order valence-electron chi connectivity index (χ0n) is 14.7. The minimum absolute atomic E-state index is 0.180. The van der Waals surface area contributed by atoms with Crippen LogP contribution < -0.4 is 10.6 Å². The fraction of sp³-hybridized carbons (Fsp3) is 0.556. The topological polar surface area (TPSA) is 70.7 Å². The molecule has 1 atom stereocenters. The van der Waals surface area contributed by atoms with Crippen LogP contribution in [0.3, 0.4) is 0 Å². The molecule has 1 aromatic carbocycles. The number of anilines is 1. The molecular weight excluding hydrogens is 306 g/mol. The maximum absolute atomic E-state index is 12.4. The second kappa shape index (κ2) is 6.09. The van der Waals surface area contributed by atoms with Crippen molar-refractivity contribution >= 4 is 17.7 Å². The zero-order chi connectivity index (χ0) is 17.5. The third-order valence-corrected chi connectivity index (χ3v) is 4.36. The third-order valence-electron chi connectivity index (χ3n) is 4.36. The Kier molecular flexibility index (Phi) is 4.25. The number of nitrogens with zero attached hydrogens (tertiary/aromatic N) is 1. The minimum atomic E-state index is -0.600. The largest absolute Gasteiger partial charge is 0.444 e. The number of nitrogens with one attached hydrogen (secondary N) is 2. The van der Waals surface area contributed by atoms with Crippen molar-refractivity contribution in [3.63, 3.8) is 0 Å². The number of hydrogen-bond acceptors (Lipinski definition) is 4. The summed E-state index contributed by atoms with van der Waals surface area (Å²) >= 11 is 0. The first-order valence-corrected chi connectivity index (χ1v) is 8.35. The molecule has 0 aliphatic carbocycles. The van der Waals surface area contributed by atoms with E-state index in [1.54, 1.807) is 20.8 Å². The van der Waals surface area contributed by atoms with Gasteiger partial charge in [0.1, 0.15) is 11.6 Å². The Morgan fingerprint density at radius 2 is 2.04 bits per heavy atom. The number of hydrogen-bond donors (Lipinski definition) is 2. The summed E-state index contributed by atoms with van der Waals surface area (Å²) in [4.78, 5) is 26.6. The quantitative estimate of drug-likeness (QED) is 0.826. The van der Waals surface area contributed by atoms with Gasteiger partial charge in [0.15, 0.2) is 0 Å². The lowest BCUT2D eigenvalue weighted by molar-refractivity contribution is -0.118. The second-order valence-corrected chi connectivity index (χ2v) is 7.62. The molecule has 24 heavy (non-hydrogen) atoms. The predicted molar refractivity (Wildman–Crippen MR) is 92.0 cm³/mol. The van der Waals surface area contributed by atoms with Crippen molar-refractivity contribution in [3.05, 3.63) is 28.8 Å². The average Bonchev–Trinajstić information content (AvgIpc) is 2.46. The number of amides is 2. The Morgan fingerprint density at radius 3 is 2.75 bits per heavy atom. The lowest BCUT2D eigenvalue weighted by Crippen LogP contribution is -2.49. The Labute approximate surface area is 142 Å². The van der Waals surface area contributed by atoms with Gasteiger partial charge in [-0.3, -0.25) is 4.79 Å². The van der Waals surface area contributed by atoms with Gasteiger partial charge in [0, 0.05) is 25.2 Å². The summed E-state index contributed by atoms with van der Waals surface area (Å²) < 4.78 is 5.24. The molecule has 0 unspecified atom stereocenters. The lowest BCUT2D eigenvalue weighted by Gasteiger charge is -2.32. The molecule has 2 amide bonds. The molecule has 0 aromatic heterocycles. The number of carbonyl (C=O) groups excluding carboxylic acids is 2. The summed E-state index contributed by atoms with van der Waals surface area (Å²) in [6.07, 6.45) is 0.855. The highest BCUT2D eigenvalue weighted by atomic mass is 16.6. The average molecular weight is 331 g/mol. The van der Waals surface area contributed by atoms with Crippen LogP contribution in [-0.4, -0.2) is 42.1 Å². The van der Waals surface area contributed by atoms with Crippen molar-refractivity contribution < 1.29 is 14.3 Å². The molecule has 1 aromatic rings. The van der Waals surface area contributed by atoms with Gasteiger partial charge in [-0.15, -0.1) is 0 Å². The summed E-state index contributed by atoms with van der Waals surface area (Å²) in [5.41, 5.74) is 3.92. The highest BCUT2D eigenvalue weighted by Gasteiger charge is 2.31. The van der Waals surface area contributed by atoms with Crippen molar-refractivity contribution in [2.24, 2.45) is 0 Å². The SMILES string of the molecule is CN1CCc2c(ccc3c2NC(=O)[C@@H](NC(=O)OC(C)(C)C)C3)C1. The van der Waals surface area contributed by atoms with E-state index in [9.17, 15) is 9.59 Å². The monoisotopic (exact) mass is 331 g/mol. The van der Waals surface area contributed by atoms with Crippen molar-refractivity contribution in [3.8, 4) is 0 Å². The van der Waals surface area contributed by atoms with Gasteiger partial charge in [0.05, 0.1) is 0 Å². The first-order valence-electron chi connectivity index (χ1n) is 8.35. The molecule has 2 heterocycles. The number of rotatable bonds is 1. The highest BCUT2D eigenvalue weighted by Crippen LogP contribution is 2.32. The van der Waals surface area contributed by atoms with Crippen molar-refractivity contribution in [2.75, 3.05) is 18.9 Å². The molecule has 0 fully saturated rings. The van der Waals surface area contributed by atoms with Gasteiger partial charge in [0.25, 0.3) is 0 Å². The van der Waals surface area contributed by atoms with E-state index in [1.165, 1.54) is 11.1 Å². The van der Waals surface area contributed by atoms with Crippen molar-refractivity contribution in [2.45, 2.75) is 51.8 Å². The van der Waals surface area contributed by atoms with E-state index in [4.69, 9.17) is 4.74 Å². The van der Waals surface area contributed by atoms with Crippen LogP contribution in [0.5, 0.6) is 0 Å². The Balaban J connectivity index is 1.77. The van der Waals surface area contributed by atoms with Gasteiger partial charge in [-0.05, 0) is 50.9 Å². The predicted octanol–water partition coefficient (Wildman–Crippen LogP) is 2.06. The van der Waals surface area contributed by atoms with Gasteiger partial charge in [0.2, 0.25) is 5.91 Å². The molecule has 2 aliphatic rings. The summed E-state index contributed by atoms with van der Waals surface area (Å²) in [6.45, 7) is 7.28. The number of fused-ring (bicyclic) bond motifs is 3. The zero-order valence-corrected chi connectivity index (χ0v) is 14.7. The number of benzene rings is 1. The van der Waals surface area contributed by atoms with Crippen LogP contribution in [0.4, 0.5) is 10.5 Å². The number of carbonyl (C=O) groups is 2. The molecule has 0 radical (unpaired) electrons. The Bertz CT molecular complexity index is 679. The maximum atomic E-state index is 12.4.